The predicted molar refractivity (Wildman–Crippen MR) is 292 cm³/mol. The molecule has 2 saturated heterocycles. The lowest BCUT2D eigenvalue weighted by Crippen LogP contribution is -2.47. The average molecular weight is 1080 g/mol. The number of anilines is 2. The van der Waals surface area contributed by atoms with Gasteiger partial charge in [0.05, 0.1) is 46.2 Å². The molecule has 2 aromatic carbocycles. The van der Waals surface area contributed by atoms with Crippen molar-refractivity contribution in [1.29, 1.82) is 5.26 Å². The van der Waals surface area contributed by atoms with Crippen molar-refractivity contribution in [2.24, 2.45) is 11.8 Å². The standard InChI is InChI=1S/C28H33N9O3.C28H36N8O3/c1-36(11-20-23(38)24(39)27(40-20)37-14-33-22-25(30)31-13-32-26(22)37)17-8-15(9-17)2-5-21-34-18-4-3-16(10-19(18)35-21)28(12-29)6-7-28;1-35(12-21-24(37)25(38)28(39-21)36-14-32-23-26(29)30-13-31-27(23)36)18-9-15(10-18)5-8-22-33-19-7-6-17(11-20(19)34-22)16-3-2-4-16/h3-4,10,13-15,17,20,23-24,27,38-39H,2,5-9,11H2,1H3,(H,34,35)(H2,30,31,32);6-7,11,13-16,18,21,24-25,28,37-38H,2-5,8-10,12H2,1H3,(H,33,34)(H2,29,30,31)/t15?,17?,20-,23-,24-,27-;15?,18?,21-,24-,25-,28-/m11/s1. The van der Waals surface area contributed by atoms with E-state index in [1.54, 1.807) is 9.13 Å². The molecule has 0 amide bonds. The lowest BCUT2D eigenvalue weighted by atomic mass is 9.76. The fourth-order valence-electron chi connectivity index (χ4n) is 12.7. The monoisotopic (exact) mass is 1080 g/mol. The van der Waals surface area contributed by atoms with Crippen molar-refractivity contribution < 1.29 is 29.9 Å². The van der Waals surface area contributed by atoms with E-state index in [1.807, 2.05) is 19.2 Å². The van der Waals surface area contributed by atoms with Gasteiger partial charge in [-0.05, 0) is 131 Å². The number of nitrogens with one attached hydrogen (secondary N) is 2. The molecule has 8 atom stereocenters. The van der Waals surface area contributed by atoms with Crippen LogP contribution >= 0.6 is 0 Å². The first-order valence-electron chi connectivity index (χ1n) is 28.0. The number of fused-ring (bicyclic) bond motifs is 4. The van der Waals surface area contributed by atoms with Crippen LogP contribution in [0.3, 0.4) is 0 Å². The number of hydrogen-bond acceptors (Lipinski definition) is 19. The van der Waals surface area contributed by atoms with E-state index in [0.29, 0.717) is 59.3 Å². The van der Waals surface area contributed by atoms with E-state index >= 15 is 0 Å². The van der Waals surface area contributed by atoms with Crippen LogP contribution in [0.5, 0.6) is 0 Å². The van der Waals surface area contributed by atoms with Gasteiger partial charge in [0.25, 0.3) is 0 Å². The minimum atomic E-state index is -1.12. The predicted octanol–water partition coefficient (Wildman–Crippen LogP) is 4.32. The first kappa shape index (κ1) is 51.7. The highest BCUT2D eigenvalue weighted by atomic mass is 16.6. The summed E-state index contributed by atoms with van der Waals surface area (Å²) in [6.07, 6.45) is 13.0. The number of nitrogens with two attached hydrogens (primary N) is 2. The lowest BCUT2D eigenvalue weighted by molar-refractivity contribution is -0.0514. The molecule has 2 aliphatic heterocycles. The number of H-pyrrole nitrogens is 2. The molecule has 6 aliphatic rings. The normalized spacial score (nSPS) is 29.3. The second kappa shape index (κ2) is 20.7. The fourth-order valence-corrected chi connectivity index (χ4v) is 12.7. The fraction of sp³-hybridized carbons (Fsp3) is 0.554. The van der Waals surface area contributed by atoms with Crippen LogP contribution in [0.2, 0.25) is 0 Å². The number of aromatic nitrogens is 12. The van der Waals surface area contributed by atoms with Crippen molar-refractivity contribution >= 4 is 56.0 Å². The molecule has 4 aliphatic carbocycles. The van der Waals surface area contributed by atoms with E-state index in [1.165, 1.54) is 50.1 Å². The number of nitrogens with zero attached hydrogens (tertiary/aromatic N) is 13. The number of hydrogen-bond donors (Lipinski definition) is 8. The highest BCUT2D eigenvalue weighted by Crippen LogP contribution is 2.48. The van der Waals surface area contributed by atoms with Gasteiger partial charge in [-0.3, -0.25) is 9.13 Å². The molecule has 0 bridgehead atoms. The molecule has 0 unspecified atom stereocenters. The zero-order chi connectivity index (χ0) is 54.3. The van der Waals surface area contributed by atoms with Gasteiger partial charge in [0.1, 0.15) is 72.0 Å². The summed E-state index contributed by atoms with van der Waals surface area (Å²) in [5.74, 6) is 4.59. The van der Waals surface area contributed by atoms with Gasteiger partial charge in [0.2, 0.25) is 0 Å². The molecule has 14 rings (SSSR count). The molecule has 6 aromatic heterocycles. The SMILES string of the molecule is CN(C[C@H]1O[C@@H](n2cnc3c(N)ncnc32)[C@H](O)[C@@H]1O)C1CC(CCc2nc3ccc(C4(C#N)CC4)cc3[nH]2)C1.CN(C[C@H]1O[C@@H](n2cnc3c(N)ncnc32)[C@H](O)[C@@H]1O)C1CC(CCc2nc3ccc(C4CCC4)cc3[nH]2)C1. The maximum Gasteiger partial charge on any atom is 0.167 e. The summed E-state index contributed by atoms with van der Waals surface area (Å²) in [6, 6.07) is 16.2. The zero-order valence-corrected chi connectivity index (χ0v) is 44.5. The maximum atomic E-state index is 10.8. The molecule has 8 heterocycles. The van der Waals surface area contributed by atoms with Gasteiger partial charge in [0.15, 0.2) is 35.4 Å². The van der Waals surface area contributed by atoms with Crippen molar-refractivity contribution in [3.05, 3.63) is 84.5 Å². The van der Waals surface area contributed by atoms with Crippen LogP contribution in [-0.2, 0) is 27.7 Å². The summed E-state index contributed by atoms with van der Waals surface area (Å²) >= 11 is 0. The number of aliphatic hydroxyl groups excluding tert-OH is 4. The number of ether oxygens (including phenoxy) is 2. The lowest BCUT2D eigenvalue weighted by Gasteiger charge is -2.42. The van der Waals surface area contributed by atoms with E-state index in [-0.39, 0.29) is 17.1 Å². The number of nitriles is 1. The van der Waals surface area contributed by atoms with Crippen molar-refractivity contribution in [3.63, 3.8) is 0 Å². The Morgan fingerprint density at radius 3 is 1.63 bits per heavy atom. The molecule has 8 aromatic rings. The highest BCUT2D eigenvalue weighted by Gasteiger charge is 2.48. The van der Waals surface area contributed by atoms with Gasteiger partial charge >= 0.3 is 0 Å². The van der Waals surface area contributed by atoms with Crippen molar-refractivity contribution in [2.45, 2.75) is 156 Å². The Morgan fingerprint density at radius 2 is 1.16 bits per heavy atom. The Kier molecular flexibility index (Phi) is 13.6. The van der Waals surface area contributed by atoms with Gasteiger partial charge in [-0.25, -0.2) is 39.9 Å². The third kappa shape index (κ3) is 9.74. The largest absolute Gasteiger partial charge is 0.387 e. The van der Waals surface area contributed by atoms with Gasteiger partial charge in [-0.15, -0.1) is 0 Å². The topological polar surface area (TPSA) is 326 Å². The van der Waals surface area contributed by atoms with Crippen LogP contribution < -0.4 is 11.5 Å². The molecular formula is C56H69N17O6. The maximum absolute atomic E-state index is 10.8. The van der Waals surface area contributed by atoms with E-state index in [0.717, 1.165) is 109 Å². The van der Waals surface area contributed by atoms with Crippen LogP contribution in [0.1, 0.15) is 112 Å². The second-order valence-electron chi connectivity index (χ2n) is 23.4. The molecule has 6 fully saturated rings. The number of imidazole rings is 4. The number of rotatable bonds is 16. The van der Waals surface area contributed by atoms with Crippen LogP contribution in [0.15, 0.2) is 61.7 Å². The summed E-state index contributed by atoms with van der Waals surface area (Å²) in [7, 11) is 4.11. The Hall–Kier alpha value is -6.75. The van der Waals surface area contributed by atoms with Gasteiger partial charge in [0, 0.05) is 38.0 Å². The Bertz CT molecular complexity index is 3540. The van der Waals surface area contributed by atoms with E-state index in [2.05, 4.69) is 87.1 Å². The zero-order valence-electron chi connectivity index (χ0n) is 44.5. The third-order valence-corrected chi connectivity index (χ3v) is 18.4. The highest BCUT2D eigenvalue weighted by molar-refractivity contribution is 5.82. The molecule has 79 heavy (non-hydrogen) atoms. The number of benzene rings is 2. The van der Waals surface area contributed by atoms with Gasteiger partial charge < -0.3 is 61.1 Å². The first-order chi connectivity index (χ1) is 38.3. The quantitative estimate of drug-likeness (QED) is 0.0668. The molecule has 23 nitrogen and oxygen atoms in total. The number of aromatic amines is 2. The minimum absolute atomic E-state index is 0.254. The summed E-state index contributed by atoms with van der Waals surface area (Å²) in [6.45, 7) is 1.04. The first-order valence-corrected chi connectivity index (χ1v) is 28.0. The Balaban J connectivity index is 0.000000150. The van der Waals surface area contributed by atoms with Crippen LogP contribution in [-0.4, -0.2) is 165 Å². The number of nitrogen functional groups attached to an aromatic ring is 2. The number of aliphatic hydroxyl groups is 4. The van der Waals surface area contributed by atoms with Crippen molar-refractivity contribution in [1.82, 2.24) is 68.8 Å². The van der Waals surface area contributed by atoms with Crippen molar-refractivity contribution in [3.8, 4) is 6.07 Å². The molecule has 0 radical (unpaired) electrons. The summed E-state index contributed by atoms with van der Waals surface area (Å²) in [4.78, 5) is 46.0. The van der Waals surface area contributed by atoms with E-state index in [4.69, 9.17) is 30.9 Å². The van der Waals surface area contributed by atoms with Crippen LogP contribution in [0.4, 0.5) is 11.6 Å². The van der Waals surface area contributed by atoms with E-state index in [9.17, 15) is 25.7 Å². The third-order valence-electron chi connectivity index (χ3n) is 18.4. The Morgan fingerprint density at radius 1 is 0.671 bits per heavy atom. The van der Waals surface area contributed by atoms with Gasteiger partial charge in [-0.2, -0.15) is 5.26 Å². The molecule has 414 valence electrons. The van der Waals surface area contributed by atoms with E-state index < -0.39 is 49.1 Å². The Labute approximate surface area is 455 Å². The molecular weight excluding hydrogens is 1010 g/mol. The summed E-state index contributed by atoms with van der Waals surface area (Å²) < 4.78 is 15.5. The van der Waals surface area contributed by atoms with Crippen LogP contribution in [0.25, 0.3) is 44.4 Å². The molecule has 23 heteroatoms. The average Bonchev–Trinajstić information content (AvgIpc) is 4.09. The molecule has 10 N–H and O–H groups in total. The smallest absolute Gasteiger partial charge is 0.167 e. The minimum Gasteiger partial charge on any atom is -0.387 e. The number of aryl methyl sites for hydroxylation is 2. The molecule has 0 spiro atoms. The summed E-state index contributed by atoms with van der Waals surface area (Å²) in [5, 5.41) is 52.5. The van der Waals surface area contributed by atoms with Gasteiger partial charge in [-0.1, -0.05) is 18.6 Å². The molecule has 4 saturated carbocycles. The summed E-state index contributed by atoms with van der Waals surface area (Å²) in [5.41, 5.74) is 20.0. The van der Waals surface area contributed by atoms with Crippen molar-refractivity contribution in [2.75, 3.05) is 38.7 Å². The second-order valence-corrected chi connectivity index (χ2v) is 23.4. The van der Waals surface area contributed by atoms with Crippen LogP contribution in [0, 0.1) is 23.2 Å². The number of likely N-dealkylation sites (N-methyl/N-ethyl adjacent to an activating group) is 2.